The van der Waals surface area contributed by atoms with Crippen molar-refractivity contribution < 1.29 is 9.59 Å². The molecule has 0 bridgehead atoms. The van der Waals surface area contributed by atoms with E-state index in [-0.39, 0.29) is 10.5 Å². The van der Waals surface area contributed by atoms with E-state index in [1.165, 1.54) is 0 Å². The van der Waals surface area contributed by atoms with Gasteiger partial charge >= 0.3 is 0 Å². The zero-order chi connectivity index (χ0) is 12.3. The van der Waals surface area contributed by atoms with E-state index in [2.05, 4.69) is 13.8 Å². The zero-order valence-electron chi connectivity index (χ0n) is 11.1. The van der Waals surface area contributed by atoms with Crippen molar-refractivity contribution in [2.45, 2.75) is 65.1 Å². The van der Waals surface area contributed by atoms with Gasteiger partial charge in [0.1, 0.15) is 6.29 Å². The van der Waals surface area contributed by atoms with E-state index in [0.29, 0.717) is 0 Å². The number of carbonyl (C=O) groups excluding carboxylic acids is 1. The summed E-state index contributed by atoms with van der Waals surface area (Å²) in [7, 11) is -2.08. The first-order valence-corrected chi connectivity index (χ1v) is 8.65. The van der Waals surface area contributed by atoms with E-state index < -0.39 is 8.32 Å². The van der Waals surface area contributed by atoms with Crippen molar-refractivity contribution in [2.24, 2.45) is 5.41 Å². The highest BCUT2D eigenvalue weighted by molar-refractivity contribution is 6.72. The van der Waals surface area contributed by atoms with Crippen LogP contribution in [0.15, 0.2) is 0 Å². The Balaban J connectivity index is 4.13. The number of carbonyl (C=O) groups is 1. The molecule has 2 nitrogen and oxygen atoms in total. The maximum Gasteiger partial charge on any atom is 0.188 e. The fourth-order valence-corrected chi connectivity index (χ4v) is 2.14. The van der Waals surface area contributed by atoms with Crippen LogP contribution < -0.4 is 0 Å². The number of hydrogen-bond acceptors (Lipinski definition) is 2. The normalized spacial score (nSPS) is 14.1. The molecule has 0 saturated carbocycles. The molecule has 0 aromatic heterocycles. The SMILES string of the molecule is CC(C)(C=O)CCCC(C)(C)[Si](C)(C)O. The molecule has 0 amide bonds. The summed E-state index contributed by atoms with van der Waals surface area (Å²) < 4.78 is 0. The lowest BCUT2D eigenvalue weighted by atomic mass is 9.87. The first kappa shape index (κ1) is 14.8. The van der Waals surface area contributed by atoms with Crippen LogP contribution in [0.4, 0.5) is 0 Å². The predicted octanol–water partition coefficient (Wildman–Crippen LogP) is 3.36. The van der Waals surface area contributed by atoms with Gasteiger partial charge in [0.05, 0.1) is 0 Å². The molecule has 0 aliphatic rings. The van der Waals surface area contributed by atoms with E-state index in [0.717, 1.165) is 25.5 Å². The van der Waals surface area contributed by atoms with Crippen LogP contribution in [-0.2, 0) is 4.79 Å². The topological polar surface area (TPSA) is 37.3 Å². The molecule has 0 aliphatic heterocycles. The van der Waals surface area contributed by atoms with Crippen molar-refractivity contribution in [3.05, 3.63) is 0 Å². The van der Waals surface area contributed by atoms with Crippen LogP contribution in [0.5, 0.6) is 0 Å². The molecule has 15 heavy (non-hydrogen) atoms. The number of hydrogen-bond donors (Lipinski definition) is 1. The Hall–Kier alpha value is -0.153. The van der Waals surface area contributed by atoms with Crippen LogP contribution in [0, 0.1) is 5.41 Å². The average molecular weight is 230 g/mol. The van der Waals surface area contributed by atoms with E-state index in [4.69, 9.17) is 0 Å². The molecule has 0 heterocycles. The largest absolute Gasteiger partial charge is 0.432 e. The maximum atomic E-state index is 10.7. The van der Waals surface area contributed by atoms with Gasteiger partial charge in [-0.1, -0.05) is 34.1 Å². The molecule has 90 valence electrons. The van der Waals surface area contributed by atoms with Crippen LogP contribution >= 0.6 is 0 Å². The molecule has 0 radical (unpaired) electrons. The first-order chi connectivity index (χ1) is 6.52. The van der Waals surface area contributed by atoms with Gasteiger partial charge in [0.2, 0.25) is 0 Å². The van der Waals surface area contributed by atoms with Gasteiger partial charge in [-0.3, -0.25) is 0 Å². The minimum atomic E-state index is -2.08. The predicted molar refractivity (Wildman–Crippen MR) is 67.4 cm³/mol. The molecule has 0 fully saturated rings. The summed E-state index contributed by atoms with van der Waals surface area (Å²) in [4.78, 5) is 20.8. The quantitative estimate of drug-likeness (QED) is 0.561. The lowest BCUT2D eigenvalue weighted by Crippen LogP contribution is -2.39. The van der Waals surface area contributed by atoms with E-state index in [1.54, 1.807) is 0 Å². The monoisotopic (exact) mass is 230 g/mol. The lowest BCUT2D eigenvalue weighted by molar-refractivity contribution is -0.115. The molecule has 0 aliphatic carbocycles. The second kappa shape index (κ2) is 4.79. The van der Waals surface area contributed by atoms with Gasteiger partial charge in [0.15, 0.2) is 8.32 Å². The van der Waals surface area contributed by atoms with Crippen LogP contribution in [0.25, 0.3) is 0 Å². The molecule has 0 aromatic carbocycles. The third-order valence-electron chi connectivity index (χ3n) is 3.60. The molecule has 1 N–H and O–H groups in total. The Morgan fingerprint density at radius 1 is 1.13 bits per heavy atom. The highest BCUT2D eigenvalue weighted by Gasteiger charge is 2.37. The summed E-state index contributed by atoms with van der Waals surface area (Å²) in [6, 6.07) is 0. The minimum absolute atomic E-state index is 0.0337. The molecular formula is C12H26O2Si. The molecular weight excluding hydrogens is 204 g/mol. The highest BCUT2D eigenvalue weighted by Crippen LogP contribution is 2.41. The van der Waals surface area contributed by atoms with Crippen LogP contribution in [0.3, 0.4) is 0 Å². The minimum Gasteiger partial charge on any atom is -0.432 e. The summed E-state index contributed by atoms with van der Waals surface area (Å²) >= 11 is 0. The standard InChI is InChI=1S/C12H26O2Si/c1-11(2,10-13)8-7-9-12(3,4)15(5,6)14/h10,14H,7-9H2,1-6H3. The summed E-state index contributed by atoms with van der Waals surface area (Å²) in [5.74, 6) is 0. The Labute approximate surface area is 95.2 Å². The second-order valence-corrected chi connectivity index (χ2v) is 10.9. The summed E-state index contributed by atoms with van der Waals surface area (Å²) in [6.07, 6.45) is 3.95. The Morgan fingerprint density at radius 2 is 1.60 bits per heavy atom. The molecule has 0 spiro atoms. The van der Waals surface area contributed by atoms with Crippen LogP contribution in [0.1, 0.15) is 47.0 Å². The van der Waals surface area contributed by atoms with Crippen molar-refractivity contribution in [2.75, 3.05) is 0 Å². The Bertz CT molecular complexity index is 214. The average Bonchev–Trinajstić information content (AvgIpc) is 2.01. The third kappa shape index (κ3) is 4.93. The van der Waals surface area contributed by atoms with Crippen molar-refractivity contribution in [3.63, 3.8) is 0 Å². The fourth-order valence-electron chi connectivity index (χ4n) is 1.35. The lowest BCUT2D eigenvalue weighted by Gasteiger charge is -2.35. The molecule has 0 unspecified atom stereocenters. The molecule has 0 aromatic rings. The van der Waals surface area contributed by atoms with E-state index in [9.17, 15) is 9.59 Å². The smallest absolute Gasteiger partial charge is 0.188 e. The molecule has 3 heteroatoms. The molecule has 0 rings (SSSR count). The van der Waals surface area contributed by atoms with Gasteiger partial charge in [-0.05, 0) is 31.0 Å². The van der Waals surface area contributed by atoms with Crippen molar-refractivity contribution in [3.8, 4) is 0 Å². The maximum absolute atomic E-state index is 10.7. The first-order valence-electron chi connectivity index (χ1n) is 5.71. The van der Waals surface area contributed by atoms with Gasteiger partial charge in [-0.2, -0.15) is 0 Å². The fraction of sp³-hybridized carbons (Fsp3) is 0.917. The number of rotatable bonds is 6. The van der Waals surface area contributed by atoms with Crippen molar-refractivity contribution in [1.29, 1.82) is 0 Å². The summed E-state index contributed by atoms with van der Waals surface area (Å²) in [5, 5.41) is 0.0337. The molecule has 0 atom stereocenters. The van der Waals surface area contributed by atoms with Crippen LogP contribution in [-0.4, -0.2) is 19.4 Å². The third-order valence-corrected chi connectivity index (χ3v) is 7.16. The van der Waals surface area contributed by atoms with Crippen LogP contribution in [0.2, 0.25) is 18.1 Å². The van der Waals surface area contributed by atoms with E-state index in [1.807, 2.05) is 26.9 Å². The van der Waals surface area contributed by atoms with Crippen molar-refractivity contribution >= 4 is 14.6 Å². The second-order valence-electron chi connectivity index (χ2n) is 6.40. The number of aldehydes is 1. The van der Waals surface area contributed by atoms with Gasteiger partial charge < -0.3 is 9.59 Å². The van der Waals surface area contributed by atoms with Gasteiger partial charge in [-0.15, -0.1) is 0 Å². The van der Waals surface area contributed by atoms with Crippen molar-refractivity contribution in [1.82, 2.24) is 0 Å². The van der Waals surface area contributed by atoms with Gasteiger partial charge in [0.25, 0.3) is 0 Å². The Kier molecular flexibility index (Phi) is 4.74. The zero-order valence-corrected chi connectivity index (χ0v) is 12.1. The summed E-state index contributed by atoms with van der Waals surface area (Å²) in [6.45, 7) is 12.2. The summed E-state index contributed by atoms with van der Waals surface area (Å²) in [5.41, 5.74) is -0.211. The molecule has 0 saturated heterocycles. The van der Waals surface area contributed by atoms with Gasteiger partial charge in [-0.25, -0.2) is 0 Å². The van der Waals surface area contributed by atoms with E-state index >= 15 is 0 Å². The highest BCUT2D eigenvalue weighted by atomic mass is 28.4. The Morgan fingerprint density at radius 3 is 1.93 bits per heavy atom. The van der Waals surface area contributed by atoms with Gasteiger partial charge in [0, 0.05) is 5.41 Å².